The first-order valence-corrected chi connectivity index (χ1v) is 4.77. The molecule has 0 radical (unpaired) electrons. The van der Waals surface area contributed by atoms with Crippen LogP contribution in [0.25, 0.3) is 0 Å². The van der Waals surface area contributed by atoms with Crippen molar-refractivity contribution in [1.29, 1.82) is 0 Å². The highest BCUT2D eigenvalue weighted by Crippen LogP contribution is 2.00. The van der Waals surface area contributed by atoms with Crippen LogP contribution in [0.3, 0.4) is 0 Å². The van der Waals surface area contributed by atoms with Gasteiger partial charge < -0.3 is 4.74 Å². The van der Waals surface area contributed by atoms with Crippen LogP contribution in [-0.4, -0.2) is 18.1 Å². The molecule has 78 valence electrons. The molecule has 0 saturated heterocycles. The lowest BCUT2D eigenvalue weighted by Crippen LogP contribution is -1.95. The van der Waals surface area contributed by atoms with Gasteiger partial charge in [-0.15, -0.1) is 0 Å². The summed E-state index contributed by atoms with van der Waals surface area (Å²) in [7, 11) is 1.31. The van der Waals surface area contributed by atoms with Crippen molar-refractivity contribution in [3.8, 4) is 11.8 Å². The summed E-state index contributed by atoms with van der Waals surface area (Å²) < 4.78 is 4.39. The normalized spacial score (nSPS) is 8.93. The third-order valence-electron chi connectivity index (χ3n) is 1.94. The van der Waals surface area contributed by atoms with E-state index in [9.17, 15) is 4.79 Å². The number of carbonyl (C=O) groups is 1. The fourth-order valence-electron chi connectivity index (χ4n) is 1.03. The molecule has 1 rings (SSSR count). The molecule has 0 atom stereocenters. The van der Waals surface area contributed by atoms with Crippen LogP contribution in [0.2, 0.25) is 0 Å². The molecule has 0 unspecified atom stereocenters. The smallest absolute Gasteiger partial charge is 0.384 e. The standard InChI is InChI=1S/C12H13NO2/c1-3-10-7-8-11(13-9-10)5-4-6-12(14)15-2/h7-9H,3,5H2,1-2H3. The van der Waals surface area contributed by atoms with Crippen LogP contribution in [0.4, 0.5) is 0 Å². The van der Waals surface area contributed by atoms with Gasteiger partial charge in [0.15, 0.2) is 0 Å². The lowest BCUT2D eigenvalue weighted by atomic mass is 10.2. The van der Waals surface area contributed by atoms with E-state index in [4.69, 9.17) is 0 Å². The molecule has 0 aliphatic carbocycles. The highest BCUT2D eigenvalue weighted by molar-refractivity contribution is 5.88. The van der Waals surface area contributed by atoms with Crippen molar-refractivity contribution in [2.75, 3.05) is 7.11 Å². The molecule has 1 aromatic rings. The van der Waals surface area contributed by atoms with Gasteiger partial charge in [-0.3, -0.25) is 4.98 Å². The fraction of sp³-hybridized carbons (Fsp3) is 0.333. The molecule has 3 nitrogen and oxygen atoms in total. The molecule has 0 fully saturated rings. The fourth-order valence-corrected chi connectivity index (χ4v) is 1.03. The molecule has 0 bridgehead atoms. The maximum absolute atomic E-state index is 10.7. The highest BCUT2D eigenvalue weighted by Gasteiger charge is 1.93. The van der Waals surface area contributed by atoms with E-state index in [1.54, 1.807) is 0 Å². The van der Waals surface area contributed by atoms with Gasteiger partial charge >= 0.3 is 5.97 Å². The number of hydrogen-bond donors (Lipinski definition) is 0. The summed E-state index contributed by atoms with van der Waals surface area (Å²) in [6.45, 7) is 2.08. The topological polar surface area (TPSA) is 39.2 Å². The van der Waals surface area contributed by atoms with Gasteiger partial charge in [0.2, 0.25) is 0 Å². The first kappa shape index (κ1) is 11.3. The minimum Gasteiger partial charge on any atom is -0.459 e. The van der Waals surface area contributed by atoms with E-state index >= 15 is 0 Å². The summed E-state index contributed by atoms with van der Waals surface area (Å²) in [6.07, 6.45) is 3.27. The second kappa shape index (κ2) is 5.82. The maximum atomic E-state index is 10.7. The summed E-state index contributed by atoms with van der Waals surface area (Å²) in [6, 6.07) is 3.94. The zero-order valence-electron chi connectivity index (χ0n) is 8.91. The van der Waals surface area contributed by atoms with Gasteiger partial charge in [0.1, 0.15) is 0 Å². The Morgan fingerprint density at radius 1 is 1.53 bits per heavy atom. The van der Waals surface area contributed by atoms with Gasteiger partial charge in [-0.2, -0.15) is 0 Å². The Morgan fingerprint density at radius 2 is 2.33 bits per heavy atom. The number of nitrogens with zero attached hydrogens (tertiary/aromatic N) is 1. The lowest BCUT2D eigenvalue weighted by Gasteiger charge is -1.96. The monoisotopic (exact) mass is 203 g/mol. The van der Waals surface area contributed by atoms with Crippen LogP contribution in [0.1, 0.15) is 18.2 Å². The van der Waals surface area contributed by atoms with Crippen molar-refractivity contribution in [3.63, 3.8) is 0 Å². The molecule has 0 aliphatic heterocycles. The van der Waals surface area contributed by atoms with Gasteiger partial charge in [0, 0.05) is 12.1 Å². The van der Waals surface area contributed by atoms with E-state index in [1.165, 1.54) is 12.7 Å². The van der Waals surface area contributed by atoms with Gasteiger partial charge in [-0.1, -0.05) is 18.9 Å². The van der Waals surface area contributed by atoms with E-state index in [2.05, 4.69) is 28.5 Å². The van der Waals surface area contributed by atoms with Crippen LogP contribution >= 0.6 is 0 Å². The van der Waals surface area contributed by atoms with Crippen molar-refractivity contribution < 1.29 is 9.53 Å². The largest absolute Gasteiger partial charge is 0.459 e. The molecule has 0 N–H and O–H groups in total. The van der Waals surface area contributed by atoms with Crippen molar-refractivity contribution in [2.24, 2.45) is 0 Å². The van der Waals surface area contributed by atoms with E-state index in [-0.39, 0.29) is 0 Å². The van der Waals surface area contributed by atoms with E-state index in [0.29, 0.717) is 6.42 Å². The predicted octanol–water partition coefficient (Wildman–Crippen LogP) is 1.36. The molecular formula is C12H13NO2. The summed E-state index contributed by atoms with van der Waals surface area (Å²) in [5.74, 6) is 4.55. The molecule has 0 spiro atoms. The number of aryl methyl sites for hydroxylation is 1. The Labute approximate surface area is 89.5 Å². The minimum atomic E-state index is -0.514. The Morgan fingerprint density at radius 3 is 2.87 bits per heavy atom. The first-order valence-electron chi connectivity index (χ1n) is 4.77. The van der Waals surface area contributed by atoms with Gasteiger partial charge in [0.05, 0.1) is 19.2 Å². The van der Waals surface area contributed by atoms with Crippen molar-refractivity contribution in [2.45, 2.75) is 19.8 Å². The second-order valence-electron chi connectivity index (χ2n) is 2.98. The SMILES string of the molecule is CCc1ccc(CC#CC(=O)OC)nc1. The average Bonchev–Trinajstić information content (AvgIpc) is 2.29. The number of rotatable bonds is 2. The molecule has 0 aromatic carbocycles. The predicted molar refractivity (Wildman–Crippen MR) is 57.1 cm³/mol. The Hall–Kier alpha value is -1.82. The van der Waals surface area contributed by atoms with Crippen molar-refractivity contribution >= 4 is 5.97 Å². The zero-order valence-corrected chi connectivity index (χ0v) is 8.91. The van der Waals surface area contributed by atoms with Gasteiger partial charge in [-0.25, -0.2) is 4.79 Å². The summed E-state index contributed by atoms with van der Waals surface area (Å²) in [5, 5.41) is 0. The maximum Gasteiger partial charge on any atom is 0.384 e. The number of methoxy groups -OCH3 is 1. The summed E-state index contributed by atoms with van der Waals surface area (Å²) >= 11 is 0. The molecule has 0 amide bonds. The van der Waals surface area contributed by atoms with E-state index in [1.807, 2.05) is 18.3 Å². The van der Waals surface area contributed by atoms with E-state index in [0.717, 1.165) is 12.1 Å². The number of pyridine rings is 1. The molecule has 0 saturated carbocycles. The minimum absolute atomic E-state index is 0.471. The molecule has 1 aromatic heterocycles. The van der Waals surface area contributed by atoms with Crippen LogP contribution in [-0.2, 0) is 22.4 Å². The highest BCUT2D eigenvalue weighted by atomic mass is 16.5. The van der Waals surface area contributed by atoms with Crippen LogP contribution in [0, 0.1) is 11.8 Å². The number of esters is 1. The molecule has 15 heavy (non-hydrogen) atoms. The first-order chi connectivity index (χ1) is 7.26. The van der Waals surface area contributed by atoms with Crippen molar-refractivity contribution in [3.05, 3.63) is 29.6 Å². The van der Waals surface area contributed by atoms with Crippen LogP contribution in [0.5, 0.6) is 0 Å². The number of aromatic nitrogens is 1. The Balaban J connectivity index is 2.57. The number of carbonyl (C=O) groups excluding carboxylic acids is 1. The molecule has 3 heteroatoms. The van der Waals surface area contributed by atoms with Crippen LogP contribution in [0.15, 0.2) is 18.3 Å². The van der Waals surface area contributed by atoms with Gasteiger partial charge in [0.25, 0.3) is 0 Å². The van der Waals surface area contributed by atoms with Gasteiger partial charge in [-0.05, 0) is 18.1 Å². The van der Waals surface area contributed by atoms with Crippen LogP contribution < -0.4 is 0 Å². The summed E-state index contributed by atoms with van der Waals surface area (Å²) in [4.78, 5) is 14.9. The second-order valence-corrected chi connectivity index (χ2v) is 2.98. The number of hydrogen-bond acceptors (Lipinski definition) is 3. The quantitative estimate of drug-likeness (QED) is 0.414. The lowest BCUT2D eigenvalue weighted by molar-refractivity contribution is -0.133. The Bertz CT molecular complexity index is 384. The summed E-state index contributed by atoms with van der Waals surface area (Å²) in [5.41, 5.74) is 2.06. The zero-order chi connectivity index (χ0) is 11.1. The molecule has 1 heterocycles. The Kier molecular flexibility index (Phi) is 4.36. The molecule has 0 aliphatic rings. The van der Waals surface area contributed by atoms with Crippen molar-refractivity contribution in [1.82, 2.24) is 4.98 Å². The third kappa shape index (κ3) is 3.82. The third-order valence-corrected chi connectivity index (χ3v) is 1.94. The average molecular weight is 203 g/mol. The number of ether oxygens (including phenoxy) is 1. The van der Waals surface area contributed by atoms with E-state index < -0.39 is 5.97 Å². The molecular weight excluding hydrogens is 190 g/mol.